The molecular formula is C26H28BrN3O2. The lowest BCUT2D eigenvalue weighted by Gasteiger charge is -2.40. The number of pyridine rings is 1. The minimum Gasteiger partial charge on any atom is -0.462 e. The molecule has 5 nitrogen and oxygen atoms in total. The number of carbonyl (C=O) groups excluding carboxylic acids is 1. The Kier molecular flexibility index (Phi) is 5.91. The summed E-state index contributed by atoms with van der Waals surface area (Å²) >= 11 is 3.51. The van der Waals surface area contributed by atoms with Gasteiger partial charge in [-0.25, -0.2) is 4.79 Å². The predicted octanol–water partition coefficient (Wildman–Crippen LogP) is 5.42. The summed E-state index contributed by atoms with van der Waals surface area (Å²) < 4.78 is 6.46. The van der Waals surface area contributed by atoms with Crippen LogP contribution in [-0.2, 0) is 4.74 Å². The number of hydrogen-bond donors (Lipinski definition) is 1. The molecule has 1 spiro atoms. The summed E-state index contributed by atoms with van der Waals surface area (Å²) in [5.74, 6) is -0.297. The second kappa shape index (κ2) is 8.83. The maximum Gasteiger partial charge on any atom is 0.341 e. The largest absolute Gasteiger partial charge is 0.462 e. The molecule has 0 amide bonds. The summed E-state index contributed by atoms with van der Waals surface area (Å²) in [6, 6.07) is 14.6. The zero-order chi connectivity index (χ0) is 22.1. The van der Waals surface area contributed by atoms with Crippen molar-refractivity contribution in [3.05, 3.63) is 58.7 Å². The molecule has 3 aromatic rings. The van der Waals surface area contributed by atoms with E-state index in [0.29, 0.717) is 17.6 Å². The van der Waals surface area contributed by atoms with Crippen molar-refractivity contribution < 1.29 is 9.53 Å². The van der Waals surface area contributed by atoms with Gasteiger partial charge >= 0.3 is 5.97 Å². The van der Waals surface area contributed by atoms with E-state index in [4.69, 9.17) is 4.74 Å². The number of hydrogen-bond acceptors (Lipinski definition) is 5. The molecule has 2 aliphatic rings. The summed E-state index contributed by atoms with van der Waals surface area (Å²) in [7, 11) is 0. The van der Waals surface area contributed by atoms with Crippen molar-refractivity contribution in [1.29, 1.82) is 0 Å². The zero-order valence-corrected chi connectivity index (χ0v) is 20.0. The lowest BCUT2D eigenvalue weighted by Crippen LogP contribution is -2.42. The molecule has 166 valence electrons. The number of anilines is 1. The average Bonchev–Trinajstić information content (AvgIpc) is 3.27. The summed E-state index contributed by atoms with van der Waals surface area (Å²) in [6.07, 6.45) is 5.21. The van der Waals surface area contributed by atoms with Crippen LogP contribution in [0, 0.1) is 5.41 Å². The summed E-state index contributed by atoms with van der Waals surface area (Å²) in [6.45, 7) is 6.30. The van der Waals surface area contributed by atoms with E-state index in [0.717, 1.165) is 71.2 Å². The third-order valence-electron chi connectivity index (χ3n) is 6.98. The second-order valence-corrected chi connectivity index (χ2v) is 9.81. The average molecular weight is 494 g/mol. The molecule has 2 aromatic carbocycles. The van der Waals surface area contributed by atoms with Crippen LogP contribution >= 0.6 is 15.9 Å². The van der Waals surface area contributed by atoms with Crippen LogP contribution in [0.4, 0.5) is 5.69 Å². The summed E-state index contributed by atoms with van der Waals surface area (Å²) in [5.41, 5.74) is 5.09. The van der Waals surface area contributed by atoms with Gasteiger partial charge in [0.25, 0.3) is 0 Å². The Hall–Kier alpha value is -2.44. The first-order valence-corrected chi connectivity index (χ1v) is 12.2. The highest BCUT2D eigenvalue weighted by Crippen LogP contribution is 2.41. The van der Waals surface area contributed by atoms with Gasteiger partial charge in [-0.15, -0.1) is 0 Å². The number of halogens is 1. The van der Waals surface area contributed by atoms with Gasteiger partial charge in [0.15, 0.2) is 0 Å². The van der Waals surface area contributed by atoms with Crippen LogP contribution in [0.25, 0.3) is 22.0 Å². The number of ether oxygens (including phenoxy) is 1. The Balaban J connectivity index is 1.59. The smallest absolute Gasteiger partial charge is 0.341 e. The molecule has 2 fully saturated rings. The van der Waals surface area contributed by atoms with Gasteiger partial charge in [0, 0.05) is 35.7 Å². The molecule has 0 bridgehead atoms. The zero-order valence-electron chi connectivity index (χ0n) is 18.4. The molecule has 32 heavy (non-hydrogen) atoms. The second-order valence-electron chi connectivity index (χ2n) is 8.89. The van der Waals surface area contributed by atoms with Crippen LogP contribution in [0.3, 0.4) is 0 Å². The maximum atomic E-state index is 12.9. The van der Waals surface area contributed by atoms with Crippen molar-refractivity contribution in [2.24, 2.45) is 5.41 Å². The first-order valence-electron chi connectivity index (χ1n) is 11.4. The molecule has 0 radical (unpaired) electrons. The minimum absolute atomic E-state index is 0.297. The van der Waals surface area contributed by atoms with Crippen LogP contribution in [0.15, 0.2) is 53.1 Å². The van der Waals surface area contributed by atoms with Crippen LogP contribution in [0.5, 0.6) is 0 Å². The standard InChI is InChI=1S/C26H28BrN3O2/c1-2-32-25(31)22-16-29-23-8-5-19(18-3-6-20(27)7-4-18)15-21(23)24(22)30-13-10-26(11-14-30)9-12-28-17-26/h3-8,15-16,28H,2,9-14,17H2,1H3. The number of benzene rings is 2. The van der Waals surface area contributed by atoms with Gasteiger partial charge in [-0.2, -0.15) is 0 Å². The lowest BCUT2D eigenvalue weighted by molar-refractivity contribution is 0.0526. The van der Waals surface area contributed by atoms with E-state index in [-0.39, 0.29) is 5.97 Å². The third-order valence-corrected chi connectivity index (χ3v) is 7.51. The van der Waals surface area contributed by atoms with Gasteiger partial charge in [0.2, 0.25) is 0 Å². The summed E-state index contributed by atoms with van der Waals surface area (Å²) in [5, 5.41) is 4.55. The molecule has 0 unspecified atom stereocenters. The Morgan fingerprint density at radius 3 is 2.56 bits per heavy atom. The quantitative estimate of drug-likeness (QED) is 0.491. The minimum atomic E-state index is -0.297. The van der Waals surface area contributed by atoms with Crippen molar-refractivity contribution >= 4 is 38.5 Å². The Labute approximate surface area is 197 Å². The fraction of sp³-hybridized carbons (Fsp3) is 0.385. The molecule has 6 heteroatoms. The molecule has 5 rings (SSSR count). The highest BCUT2D eigenvalue weighted by atomic mass is 79.9. The van der Waals surface area contributed by atoms with Gasteiger partial charge in [0.05, 0.1) is 17.8 Å². The highest BCUT2D eigenvalue weighted by Gasteiger charge is 2.38. The number of piperidine rings is 1. The number of fused-ring (bicyclic) bond motifs is 1. The third kappa shape index (κ3) is 4.02. The van der Waals surface area contributed by atoms with Crippen molar-refractivity contribution in [1.82, 2.24) is 10.3 Å². The predicted molar refractivity (Wildman–Crippen MR) is 132 cm³/mol. The number of aromatic nitrogens is 1. The first-order chi connectivity index (χ1) is 15.6. The molecule has 1 aromatic heterocycles. The van der Waals surface area contributed by atoms with Crippen LogP contribution in [0.1, 0.15) is 36.5 Å². The fourth-order valence-corrected chi connectivity index (χ4v) is 5.39. The maximum absolute atomic E-state index is 12.9. The highest BCUT2D eigenvalue weighted by molar-refractivity contribution is 9.10. The Bertz CT molecular complexity index is 1130. The molecule has 0 atom stereocenters. The molecule has 1 N–H and O–H groups in total. The van der Waals surface area contributed by atoms with Gasteiger partial charge in [0.1, 0.15) is 5.56 Å². The van der Waals surface area contributed by atoms with E-state index in [1.165, 1.54) is 6.42 Å². The first kappa shape index (κ1) is 21.4. The van der Waals surface area contributed by atoms with E-state index >= 15 is 0 Å². The van der Waals surface area contributed by atoms with Crippen LogP contribution in [-0.4, -0.2) is 43.7 Å². The molecule has 2 saturated heterocycles. The molecule has 0 saturated carbocycles. The normalized spacial score (nSPS) is 17.8. The van der Waals surface area contributed by atoms with Crippen LogP contribution in [0.2, 0.25) is 0 Å². The van der Waals surface area contributed by atoms with E-state index < -0.39 is 0 Å². The van der Waals surface area contributed by atoms with E-state index in [9.17, 15) is 4.79 Å². The molecular weight excluding hydrogens is 466 g/mol. The van der Waals surface area contributed by atoms with Crippen LogP contribution < -0.4 is 10.2 Å². The van der Waals surface area contributed by atoms with Gasteiger partial charge in [-0.05, 0) is 73.5 Å². The monoisotopic (exact) mass is 493 g/mol. The van der Waals surface area contributed by atoms with Crippen molar-refractivity contribution in [2.45, 2.75) is 26.2 Å². The fourth-order valence-electron chi connectivity index (χ4n) is 5.13. The Morgan fingerprint density at radius 2 is 1.88 bits per heavy atom. The van der Waals surface area contributed by atoms with Gasteiger partial charge in [-0.3, -0.25) is 4.98 Å². The van der Waals surface area contributed by atoms with E-state index in [2.05, 4.69) is 61.5 Å². The molecule has 0 aliphatic carbocycles. The number of nitrogens with one attached hydrogen (secondary N) is 1. The molecule has 3 heterocycles. The number of esters is 1. The van der Waals surface area contributed by atoms with Crippen molar-refractivity contribution in [3.63, 3.8) is 0 Å². The van der Waals surface area contributed by atoms with Gasteiger partial charge < -0.3 is 15.0 Å². The lowest BCUT2D eigenvalue weighted by atomic mass is 9.77. The van der Waals surface area contributed by atoms with Crippen molar-refractivity contribution in [2.75, 3.05) is 37.7 Å². The summed E-state index contributed by atoms with van der Waals surface area (Å²) in [4.78, 5) is 19.9. The number of carbonyl (C=O) groups is 1. The topological polar surface area (TPSA) is 54.5 Å². The van der Waals surface area contributed by atoms with Crippen molar-refractivity contribution in [3.8, 4) is 11.1 Å². The Morgan fingerprint density at radius 1 is 1.12 bits per heavy atom. The number of rotatable bonds is 4. The van der Waals surface area contributed by atoms with Gasteiger partial charge in [-0.1, -0.05) is 34.1 Å². The molecule has 2 aliphatic heterocycles. The van der Waals surface area contributed by atoms with E-state index in [1.807, 2.05) is 19.1 Å². The SMILES string of the molecule is CCOC(=O)c1cnc2ccc(-c3ccc(Br)cc3)cc2c1N1CCC2(CCNC2)CC1. The van der Waals surface area contributed by atoms with E-state index in [1.54, 1.807) is 6.20 Å². The number of nitrogens with zero attached hydrogens (tertiary/aromatic N) is 2.